The number of hydrogen-bond acceptors (Lipinski definition) is 4. The van der Waals surface area contributed by atoms with Gasteiger partial charge in [-0.25, -0.2) is 4.98 Å². The zero-order valence-electron chi connectivity index (χ0n) is 10.4. The molecule has 1 heterocycles. The Labute approximate surface area is 130 Å². The number of nitrogens with one attached hydrogen (secondary N) is 1. The van der Waals surface area contributed by atoms with Gasteiger partial charge in [0.05, 0.1) is 5.69 Å². The summed E-state index contributed by atoms with van der Waals surface area (Å²) in [7, 11) is 0. The maximum atomic E-state index is 8.49. The molecule has 20 heavy (non-hydrogen) atoms. The zero-order chi connectivity index (χ0) is 14.4. The van der Waals surface area contributed by atoms with Crippen molar-refractivity contribution in [1.82, 2.24) is 4.98 Å². The summed E-state index contributed by atoms with van der Waals surface area (Å²) in [5.41, 5.74) is 1.78. The lowest BCUT2D eigenvalue weighted by molar-refractivity contribution is 0.368. The van der Waals surface area contributed by atoms with Crippen molar-refractivity contribution in [2.75, 3.05) is 11.9 Å². The molecule has 0 saturated heterocycles. The summed E-state index contributed by atoms with van der Waals surface area (Å²) in [6.45, 7) is 0.625. The van der Waals surface area contributed by atoms with Crippen LogP contribution in [-0.2, 0) is 6.54 Å². The zero-order valence-corrected chi connectivity index (χ0v) is 12.8. The number of hydrogen-bond donors (Lipinski definition) is 1. The van der Waals surface area contributed by atoms with Gasteiger partial charge >= 0.3 is 0 Å². The van der Waals surface area contributed by atoms with Crippen LogP contribution in [0.2, 0.25) is 5.15 Å². The van der Waals surface area contributed by atoms with Crippen LogP contribution in [0.1, 0.15) is 5.56 Å². The quantitative estimate of drug-likeness (QED) is 0.826. The maximum Gasteiger partial charge on any atom is 0.174 e. The number of rotatable bonds is 5. The third-order valence-electron chi connectivity index (χ3n) is 2.49. The SMILES string of the molecule is N#CCOc1cccc(CNc2cc(Br)cnc2Cl)c1. The molecule has 1 aromatic heterocycles. The molecule has 0 amide bonds. The van der Waals surface area contributed by atoms with E-state index in [-0.39, 0.29) is 6.61 Å². The van der Waals surface area contributed by atoms with Crippen molar-refractivity contribution in [3.8, 4) is 11.8 Å². The Balaban J connectivity index is 2.03. The van der Waals surface area contributed by atoms with Gasteiger partial charge in [-0.05, 0) is 39.7 Å². The minimum Gasteiger partial charge on any atom is -0.479 e. The lowest BCUT2D eigenvalue weighted by Crippen LogP contribution is -2.01. The molecule has 0 unspecified atom stereocenters. The topological polar surface area (TPSA) is 57.9 Å². The van der Waals surface area contributed by atoms with E-state index in [2.05, 4.69) is 26.2 Å². The summed E-state index contributed by atoms with van der Waals surface area (Å²) >= 11 is 9.36. The van der Waals surface area contributed by atoms with E-state index >= 15 is 0 Å². The van der Waals surface area contributed by atoms with Crippen LogP contribution in [0, 0.1) is 11.3 Å². The molecular formula is C14H11BrClN3O. The molecule has 0 bridgehead atoms. The minimum absolute atomic E-state index is 0.0399. The Kier molecular flexibility index (Phi) is 5.22. The van der Waals surface area contributed by atoms with Gasteiger partial charge in [0.15, 0.2) is 11.8 Å². The highest BCUT2D eigenvalue weighted by atomic mass is 79.9. The van der Waals surface area contributed by atoms with Crippen LogP contribution in [0.25, 0.3) is 0 Å². The molecule has 0 aliphatic carbocycles. The lowest BCUT2D eigenvalue weighted by atomic mass is 10.2. The number of pyridine rings is 1. The predicted octanol–water partition coefficient (Wildman–Crippen LogP) is 4.01. The average Bonchev–Trinajstić information content (AvgIpc) is 2.46. The number of ether oxygens (including phenoxy) is 1. The Bertz CT molecular complexity index is 643. The van der Waals surface area contributed by atoms with Crippen molar-refractivity contribution in [2.24, 2.45) is 0 Å². The Morgan fingerprint density at radius 1 is 1.40 bits per heavy atom. The number of nitrogens with zero attached hydrogens (tertiary/aromatic N) is 2. The number of nitriles is 1. The van der Waals surface area contributed by atoms with Crippen LogP contribution in [0.5, 0.6) is 5.75 Å². The van der Waals surface area contributed by atoms with Crippen molar-refractivity contribution in [2.45, 2.75) is 6.54 Å². The second-order valence-corrected chi connectivity index (χ2v) is 5.21. The molecular weight excluding hydrogens is 342 g/mol. The molecule has 0 saturated carbocycles. The van der Waals surface area contributed by atoms with E-state index in [0.717, 1.165) is 15.7 Å². The fourth-order valence-electron chi connectivity index (χ4n) is 1.60. The van der Waals surface area contributed by atoms with Gasteiger partial charge in [0.25, 0.3) is 0 Å². The van der Waals surface area contributed by atoms with Gasteiger partial charge in [0.2, 0.25) is 0 Å². The molecule has 0 aliphatic rings. The molecule has 0 fully saturated rings. The molecule has 0 radical (unpaired) electrons. The van der Waals surface area contributed by atoms with Crippen LogP contribution in [0.3, 0.4) is 0 Å². The van der Waals surface area contributed by atoms with Gasteiger partial charge in [0.1, 0.15) is 11.8 Å². The van der Waals surface area contributed by atoms with Gasteiger partial charge in [0, 0.05) is 17.2 Å². The Hall–Kier alpha value is -1.77. The van der Waals surface area contributed by atoms with Crippen molar-refractivity contribution in [3.63, 3.8) is 0 Å². The van der Waals surface area contributed by atoms with E-state index in [4.69, 9.17) is 21.6 Å². The van der Waals surface area contributed by atoms with Gasteiger partial charge in [-0.15, -0.1) is 0 Å². The molecule has 6 heteroatoms. The third-order valence-corrected chi connectivity index (χ3v) is 3.23. The summed E-state index contributed by atoms with van der Waals surface area (Å²) in [6.07, 6.45) is 1.64. The number of aromatic nitrogens is 1. The fraction of sp³-hybridized carbons (Fsp3) is 0.143. The first kappa shape index (κ1) is 14.6. The molecule has 0 spiro atoms. The van der Waals surface area contributed by atoms with E-state index in [1.54, 1.807) is 6.20 Å². The Morgan fingerprint density at radius 3 is 3.05 bits per heavy atom. The number of anilines is 1. The van der Waals surface area contributed by atoms with Crippen molar-refractivity contribution < 1.29 is 4.74 Å². The second-order valence-electron chi connectivity index (χ2n) is 3.94. The highest BCUT2D eigenvalue weighted by molar-refractivity contribution is 9.10. The van der Waals surface area contributed by atoms with E-state index in [1.165, 1.54) is 0 Å². The second kappa shape index (κ2) is 7.13. The van der Waals surface area contributed by atoms with Gasteiger partial charge < -0.3 is 10.1 Å². The summed E-state index contributed by atoms with van der Waals surface area (Å²) in [5.74, 6) is 0.671. The smallest absolute Gasteiger partial charge is 0.174 e. The first-order valence-electron chi connectivity index (χ1n) is 5.82. The molecule has 102 valence electrons. The molecule has 1 aromatic carbocycles. The van der Waals surface area contributed by atoms with E-state index in [1.807, 2.05) is 36.4 Å². The predicted molar refractivity (Wildman–Crippen MR) is 81.8 cm³/mol. The van der Waals surface area contributed by atoms with E-state index in [9.17, 15) is 0 Å². The largest absolute Gasteiger partial charge is 0.479 e. The lowest BCUT2D eigenvalue weighted by Gasteiger charge is -2.09. The molecule has 2 aromatic rings. The van der Waals surface area contributed by atoms with Crippen LogP contribution < -0.4 is 10.1 Å². The normalized spacial score (nSPS) is 9.85. The van der Waals surface area contributed by atoms with Crippen LogP contribution in [0.15, 0.2) is 41.0 Å². The first-order chi connectivity index (χ1) is 9.69. The van der Waals surface area contributed by atoms with Crippen molar-refractivity contribution in [3.05, 3.63) is 51.7 Å². The minimum atomic E-state index is 0.0399. The summed E-state index contributed by atoms with van der Waals surface area (Å²) in [4.78, 5) is 4.04. The molecule has 0 aliphatic heterocycles. The standard InChI is InChI=1S/C14H11BrClN3O/c15-11-7-13(14(16)19-9-11)18-8-10-2-1-3-12(6-10)20-5-4-17/h1-3,6-7,9,18H,5,8H2. The van der Waals surface area contributed by atoms with Crippen molar-refractivity contribution >= 4 is 33.2 Å². The number of benzene rings is 1. The molecule has 1 N–H and O–H groups in total. The monoisotopic (exact) mass is 351 g/mol. The van der Waals surface area contributed by atoms with Gasteiger partial charge in [-0.1, -0.05) is 23.7 Å². The van der Waals surface area contributed by atoms with Crippen LogP contribution >= 0.6 is 27.5 Å². The summed E-state index contributed by atoms with van der Waals surface area (Å²) < 4.78 is 6.11. The van der Waals surface area contributed by atoms with Crippen LogP contribution in [0.4, 0.5) is 5.69 Å². The summed E-state index contributed by atoms with van der Waals surface area (Å²) in [5, 5.41) is 12.1. The van der Waals surface area contributed by atoms with Gasteiger partial charge in [-0.3, -0.25) is 0 Å². The van der Waals surface area contributed by atoms with Crippen molar-refractivity contribution in [1.29, 1.82) is 5.26 Å². The highest BCUT2D eigenvalue weighted by Crippen LogP contribution is 2.24. The average molecular weight is 353 g/mol. The number of halogens is 2. The third kappa shape index (κ3) is 4.12. The van der Waals surface area contributed by atoms with Crippen LogP contribution in [-0.4, -0.2) is 11.6 Å². The first-order valence-corrected chi connectivity index (χ1v) is 7.00. The van der Waals surface area contributed by atoms with Gasteiger partial charge in [-0.2, -0.15) is 5.26 Å². The Morgan fingerprint density at radius 2 is 2.25 bits per heavy atom. The molecule has 2 rings (SSSR count). The molecule has 0 atom stereocenters. The van der Waals surface area contributed by atoms with E-state index < -0.39 is 0 Å². The summed E-state index contributed by atoms with van der Waals surface area (Å²) in [6, 6.07) is 11.3. The highest BCUT2D eigenvalue weighted by Gasteiger charge is 2.03. The fourth-order valence-corrected chi connectivity index (χ4v) is 2.11. The van der Waals surface area contributed by atoms with E-state index in [0.29, 0.717) is 17.4 Å². The maximum absolute atomic E-state index is 8.49. The molecule has 4 nitrogen and oxygen atoms in total.